The molecule has 0 saturated carbocycles. The highest BCUT2D eigenvalue weighted by Gasteiger charge is 2.22. The third-order valence-electron chi connectivity index (χ3n) is 4.68. The molecule has 5 nitrogen and oxygen atoms in total. The Labute approximate surface area is 181 Å². The van der Waals surface area contributed by atoms with Crippen LogP contribution in [0.25, 0.3) is 10.1 Å². The first-order chi connectivity index (χ1) is 14.8. The normalized spacial score (nSPS) is 11.5. The number of thiophene rings is 1. The third kappa shape index (κ3) is 4.14. The summed E-state index contributed by atoms with van der Waals surface area (Å²) in [6.45, 7) is 0. The van der Waals surface area contributed by atoms with E-state index in [9.17, 15) is 22.0 Å². The number of amides is 1. The number of carbonyl (C=O) groups is 1. The zero-order valence-corrected chi connectivity index (χ0v) is 17.8. The fraction of sp³-hybridized carbons (Fsp3) is 0.0455. The van der Waals surface area contributed by atoms with Crippen LogP contribution in [-0.4, -0.2) is 21.4 Å². The Kier molecular flexibility index (Phi) is 5.47. The molecule has 0 fully saturated rings. The van der Waals surface area contributed by atoms with Crippen LogP contribution in [0.3, 0.4) is 0 Å². The Morgan fingerprint density at radius 1 is 0.968 bits per heavy atom. The van der Waals surface area contributed by atoms with Crippen LogP contribution in [0.1, 0.15) is 9.67 Å². The van der Waals surface area contributed by atoms with Gasteiger partial charge in [0.25, 0.3) is 15.9 Å². The average Bonchev–Trinajstić information content (AvgIpc) is 3.18. The van der Waals surface area contributed by atoms with Gasteiger partial charge in [0, 0.05) is 11.7 Å². The Morgan fingerprint density at radius 3 is 2.39 bits per heavy atom. The number of fused-ring (bicyclic) bond motifs is 1. The number of nitrogens with zero attached hydrogens (tertiary/aromatic N) is 1. The minimum absolute atomic E-state index is 0.0354. The van der Waals surface area contributed by atoms with Crippen LogP contribution < -0.4 is 9.62 Å². The van der Waals surface area contributed by atoms with Crippen molar-refractivity contribution in [3.63, 3.8) is 0 Å². The van der Waals surface area contributed by atoms with Crippen LogP contribution >= 0.6 is 11.3 Å². The summed E-state index contributed by atoms with van der Waals surface area (Å²) in [6, 6.07) is 17.1. The van der Waals surface area contributed by atoms with Crippen molar-refractivity contribution in [3.8, 4) is 0 Å². The van der Waals surface area contributed by atoms with Gasteiger partial charge in [0.2, 0.25) is 0 Å². The van der Waals surface area contributed by atoms with Crippen LogP contribution in [0, 0.1) is 11.6 Å². The number of halogens is 2. The van der Waals surface area contributed by atoms with Gasteiger partial charge in [0.05, 0.1) is 21.1 Å². The summed E-state index contributed by atoms with van der Waals surface area (Å²) < 4.78 is 54.5. The van der Waals surface area contributed by atoms with Gasteiger partial charge in [-0.1, -0.05) is 12.1 Å². The van der Waals surface area contributed by atoms with E-state index >= 15 is 0 Å². The van der Waals surface area contributed by atoms with E-state index in [1.54, 1.807) is 30.3 Å². The second-order valence-electron chi connectivity index (χ2n) is 6.69. The summed E-state index contributed by atoms with van der Waals surface area (Å²) >= 11 is 1.21. The zero-order chi connectivity index (χ0) is 22.2. The summed E-state index contributed by atoms with van der Waals surface area (Å²) in [5, 5.41) is 3.20. The number of nitrogens with one attached hydrogen (secondary N) is 1. The average molecular weight is 459 g/mol. The molecule has 1 aromatic heterocycles. The number of anilines is 2. The van der Waals surface area contributed by atoms with Gasteiger partial charge in [-0.15, -0.1) is 11.3 Å². The number of benzene rings is 3. The van der Waals surface area contributed by atoms with Crippen LogP contribution in [0.5, 0.6) is 0 Å². The highest BCUT2D eigenvalue weighted by molar-refractivity contribution is 7.92. The lowest BCUT2D eigenvalue weighted by Crippen LogP contribution is -2.26. The highest BCUT2D eigenvalue weighted by atomic mass is 32.2. The van der Waals surface area contributed by atoms with E-state index in [1.807, 2.05) is 0 Å². The van der Waals surface area contributed by atoms with Gasteiger partial charge in [-0.3, -0.25) is 9.10 Å². The Hall–Kier alpha value is -3.30. The lowest BCUT2D eigenvalue weighted by Gasteiger charge is -2.19. The molecule has 1 N–H and O–H groups in total. The van der Waals surface area contributed by atoms with E-state index in [2.05, 4.69) is 5.32 Å². The SMILES string of the molecule is CN(c1ccc2sc(C(=O)Nc3ccccc3F)cc2c1)S(=O)(=O)c1ccc(F)cc1. The molecule has 0 atom stereocenters. The summed E-state index contributed by atoms with van der Waals surface area (Å²) in [5.74, 6) is -1.52. The van der Waals surface area contributed by atoms with E-state index in [0.717, 1.165) is 21.1 Å². The molecule has 1 heterocycles. The smallest absolute Gasteiger partial charge is 0.265 e. The van der Waals surface area contributed by atoms with Crippen molar-refractivity contribution in [2.75, 3.05) is 16.7 Å². The molecule has 0 unspecified atom stereocenters. The number of para-hydroxylation sites is 1. The van der Waals surface area contributed by atoms with Crippen LogP contribution in [0.2, 0.25) is 0 Å². The first kappa shape index (κ1) is 21.0. The van der Waals surface area contributed by atoms with E-state index in [1.165, 1.54) is 48.7 Å². The van der Waals surface area contributed by atoms with Gasteiger partial charge in [-0.25, -0.2) is 17.2 Å². The Morgan fingerprint density at radius 2 is 1.68 bits per heavy atom. The number of rotatable bonds is 5. The van der Waals surface area contributed by atoms with Gasteiger partial charge < -0.3 is 5.32 Å². The van der Waals surface area contributed by atoms with Crippen LogP contribution in [0.15, 0.2) is 77.7 Å². The molecular formula is C22H16F2N2O3S2. The summed E-state index contributed by atoms with van der Waals surface area (Å²) in [4.78, 5) is 12.8. The summed E-state index contributed by atoms with van der Waals surface area (Å²) in [6.07, 6.45) is 0. The molecule has 0 saturated heterocycles. The molecule has 0 aliphatic rings. The largest absolute Gasteiger partial charge is 0.319 e. The summed E-state index contributed by atoms with van der Waals surface area (Å²) in [5.41, 5.74) is 0.464. The van der Waals surface area contributed by atoms with E-state index in [-0.39, 0.29) is 10.6 Å². The first-order valence-electron chi connectivity index (χ1n) is 9.10. The van der Waals surface area contributed by atoms with Crippen molar-refractivity contribution in [2.24, 2.45) is 0 Å². The molecule has 0 radical (unpaired) electrons. The first-order valence-corrected chi connectivity index (χ1v) is 11.4. The molecule has 31 heavy (non-hydrogen) atoms. The van der Waals surface area contributed by atoms with E-state index in [4.69, 9.17) is 0 Å². The van der Waals surface area contributed by atoms with Crippen molar-refractivity contribution in [2.45, 2.75) is 4.90 Å². The number of hydrogen-bond acceptors (Lipinski definition) is 4. The fourth-order valence-electron chi connectivity index (χ4n) is 2.99. The monoisotopic (exact) mass is 458 g/mol. The van der Waals surface area contributed by atoms with Gasteiger partial charge in [-0.05, 0) is 66.0 Å². The van der Waals surface area contributed by atoms with Crippen molar-refractivity contribution in [1.29, 1.82) is 0 Å². The van der Waals surface area contributed by atoms with Crippen molar-refractivity contribution in [1.82, 2.24) is 0 Å². The molecule has 158 valence electrons. The zero-order valence-electron chi connectivity index (χ0n) is 16.2. The lowest BCUT2D eigenvalue weighted by atomic mass is 10.2. The minimum atomic E-state index is -3.88. The molecule has 0 spiro atoms. The standard InChI is InChI=1S/C22H16F2N2O3S2/c1-26(31(28,29)17-9-6-15(23)7-10-17)16-8-11-20-14(12-16)13-21(30-20)22(27)25-19-5-3-2-4-18(19)24/h2-13H,1H3,(H,25,27). The van der Waals surface area contributed by atoms with Crippen molar-refractivity contribution in [3.05, 3.63) is 89.3 Å². The van der Waals surface area contributed by atoms with Gasteiger partial charge >= 0.3 is 0 Å². The predicted molar refractivity (Wildman–Crippen MR) is 118 cm³/mol. The molecule has 9 heteroatoms. The van der Waals surface area contributed by atoms with Gasteiger partial charge in [0.15, 0.2) is 0 Å². The lowest BCUT2D eigenvalue weighted by molar-refractivity contribution is 0.103. The molecule has 0 bridgehead atoms. The second-order valence-corrected chi connectivity index (χ2v) is 9.75. The summed E-state index contributed by atoms with van der Waals surface area (Å²) in [7, 11) is -2.48. The van der Waals surface area contributed by atoms with Crippen LogP contribution in [-0.2, 0) is 10.0 Å². The fourth-order valence-corrected chi connectivity index (χ4v) is 5.11. The second kappa shape index (κ2) is 8.09. The van der Waals surface area contributed by atoms with E-state index in [0.29, 0.717) is 16.0 Å². The molecule has 0 aliphatic carbocycles. The van der Waals surface area contributed by atoms with Crippen molar-refractivity contribution >= 4 is 48.7 Å². The quantitative estimate of drug-likeness (QED) is 0.444. The van der Waals surface area contributed by atoms with E-state index < -0.39 is 27.6 Å². The predicted octanol–water partition coefficient (Wildman–Crippen LogP) is 5.26. The topological polar surface area (TPSA) is 66.5 Å². The van der Waals surface area contributed by atoms with Crippen LogP contribution in [0.4, 0.5) is 20.2 Å². The maximum atomic E-state index is 13.8. The van der Waals surface area contributed by atoms with Crippen molar-refractivity contribution < 1.29 is 22.0 Å². The number of sulfonamides is 1. The minimum Gasteiger partial charge on any atom is -0.319 e. The van der Waals surface area contributed by atoms with Gasteiger partial charge in [0.1, 0.15) is 11.6 Å². The molecule has 3 aromatic carbocycles. The molecule has 4 rings (SSSR count). The van der Waals surface area contributed by atoms with Gasteiger partial charge in [-0.2, -0.15) is 0 Å². The Balaban J connectivity index is 1.62. The Bertz CT molecular complexity index is 1380. The number of hydrogen-bond donors (Lipinski definition) is 1. The highest BCUT2D eigenvalue weighted by Crippen LogP contribution is 2.31. The maximum Gasteiger partial charge on any atom is 0.265 e. The molecule has 4 aromatic rings. The molecule has 1 amide bonds. The molecule has 0 aliphatic heterocycles. The molecular weight excluding hydrogens is 442 g/mol. The number of carbonyl (C=O) groups excluding carboxylic acids is 1. The third-order valence-corrected chi connectivity index (χ3v) is 7.60. The maximum absolute atomic E-state index is 13.8.